The van der Waals surface area contributed by atoms with Crippen LogP contribution >= 0.6 is 0 Å². The van der Waals surface area contributed by atoms with Crippen LogP contribution < -0.4 is 14.2 Å². The van der Waals surface area contributed by atoms with Crippen molar-refractivity contribution in [3.05, 3.63) is 76.9 Å². The molecule has 3 aromatic carbocycles. The number of hydrogen-bond donors (Lipinski definition) is 1. The summed E-state index contributed by atoms with van der Waals surface area (Å²) in [6.07, 6.45) is -2.72. The van der Waals surface area contributed by atoms with Crippen LogP contribution in [0.5, 0.6) is 17.2 Å². The summed E-state index contributed by atoms with van der Waals surface area (Å²) >= 11 is 0. The molecule has 0 unspecified atom stereocenters. The van der Waals surface area contributed by atoms with Crippen molar-refractivity contribution >= 4 is 15.8 Å². The zero-order valence-corrected chi connectivity index (χ0v) is 23.1. The average molecular weight is 591 g/mol. The molecule has 2 aliphatic rings. The third-order valence-corrected chi connectivity index (χ3v) is 8.32. The first-order valence-electron chi connectivity index (χ1n) is 13.2. The summed E-state index contributed by atoms with van der Waals surface area (Å²) in [6.45, 7) is 0.444. The number of ether oxygens (including phenoxy) is 3. The molecule has 3 aromatic rings. The summed E-state index contributed by atoms with van der Waals surface area (Å²) in [6, 6.07) is 14.1. The topological polar surface area (TPSA) is 99.1 Å². The van der Waals surface area contributed by atoms with E-state index in [1.807, 2.05) is 0 Å². The minimum absolute atomic E-state index is 0.0108. The van der Waals surface area contributed by atoms with Gasteiger partial charge in [-0.25, -0.2) is 8.42 Å². The molecule has 0 spiro atoms. The number of aliphatic carboxylic acids is 1. The number of hydrogen-bond acceptors (Lipinski definition) is 6. The van der Waals surface area contributed by atoms with Gasteiger partial charge in [0, 0.05) is 23.8 Å². The Morgan fingerprint density at radius 2 is 1.76 bits per heavy atom. The molecule has 0 bridgehead atoms. The van der Waals surface area contributed by atoms with E-state index in [9.17, 15) is 26.4 Å². The zero-order valence-electron chi connectivity index (χ0n) is 22.2. The van der Waals surface area contributed by atoms with Gasteiger partial charge in [0.15, 0.2) is 0 Å². The molecular weight excluding hydrogens is 561 g/mol. The van der Waals surface area contributed by atoms with E-state index in [1.165, 1.54) is 6.07 Å². The predicted octanol–water partition coefficient (Wildman–Crippen LogP) is 6.20. The number of fused-ring (bicyclic) bond motifs is 2. The minimum atomic E-state index is -4.56. The van der Waals surface area contributed by atoms with E-state index in [0.29, 0.717) is 53.2 Å². The molecule has 7 nitrogen and oxygen atoms in total. The Hall–Kier alpha value is -3.73. The van der Waals surface area contributed by atoms with Crippen LogP contribution in [0.25, 0.3) is 11.1 Å². The molecule has 11 heteroatoms. The van der Waals surface area contributed by atoms with Crippen molar-refractivity contribution < 1.29 is 45.7 Å². The second-order valence-electron chi connectivity index (χ2n) is 10.4. The lowest BCUT2D eigenvalue weighted by molar-refractivity contribution is -0.138. The van der Waals surface area contributed by atoms with Crippen LogP contribution in [0.3, 0.4) is 0 Å². The number of halogens is 3. The average Bonchev–Trinajstić information content (AvgIpc) is 3.49. The Bertz CT molecular complexity index is 1550. The van der Waals surface area contributed by atoms with Gasteiger partial charge in [0.1, 0.15) is 33.2 Å². The molecule has 1 N–H and O–H groups in total. The highest BCUT2D eigenvalue weighted by Gasteiger charge is 2.38. The van der Waals surface area contributed by atoms with Gasteiger partial charge in [-0.05, 0) is 65.8 Å². The Morgan fingerprint density at radius 1 is 1.05 bits per heavy atom. The van der Waals surface area contributed by atoms with Crippen LogP contribution in [0.15, 0.2) is 54.6 Å². The van der Waals surface area contributed by atoms with Crippen LogP contribution in [0.4, 0.5) is 13.2 Å². The zero-order chi connectivity index (χ0) is 29.4. The summed E-state index contributed by atoms with van der Waals surface area (Å²) in [5.41, 5.74) is 1.83. The fourth-order valence-corrected chi connectivity index (χ4v) is 6.10. The quantitative estimate of drug-likeness (QED) is 0.281. The number of carboxylic acids is 1. The van der Waals surface area contributed by atoms with E-state index in [-0.39, 0.29) is 36.9 Å². The Morgan fingerprint density at radius 3 is 2.44 bits per heavy atom. The van der Waals surface area contributed by atoms with E-state index >= 15 is 0 Å². The van der Waals surface area contributed by atoms with Crippen molar-refractivity contribution in [2.45, 2.75) is 43.9 Å². The number of carboxylic acid groups (broad SMARTS) is 1. The Balaban J connectivity index is 1.37. The largest absolute Gasteiger partial charge is 0.494 e. The first-order valence-corrected chi connectivity index (χ1v) is 15.2. The molecule has 5 rings (SSSR count). The second kappa shape index (κ2) is 11.3. The molecule has 0 saturated carbocycles. The lowest BCUT2D eigenvalue weighted by Gasteiger charge is -2.20. The van der Waals surface area contributed by atoms with Crippen molar-refractivity contribution in [3.63, 3.8) is 0 Å². The van der Waals surface area contributed by atoms with Gasteiger partial charge in [0.05, 0.1) is 31.0 Å². The van der Waals surface area contributed by atoms with Gasteiger partial charge in [-0.15, -0.1) is 0 Å². The Kier molecular flexibility index (Phi) is 7.91. The second-order valence-corrected chi connectivity index (χ2v) is 12.6. The van der Waals surface area contributed by atoms with Gasteiger partial charge in [0.25, 0.3) is 0 Å². The predicted molar refractivity (Wildman–Crippen MR) is 145 cm³/mol. The highest BCUT2D eigenvalue weighted by molar-refractivity contribution is 7.90. The summed E-state index contributed by atoms with van der Waals surface area (Å²) < 4.78 is 82.4. The summed E-state index contributed by atoms with van der Waals surface area (Å²) in [7, 11) is -3.10. The maximum atomic E-state index is 14.1. The molecule has 2 atom stereocenters. The first-order chi connectivity index (χ1) is 19.4. The highest BCUT2D eigenvalue weighted by Crippen LogP contribution is 2.47. The summed E-state index contributed by atoms with van der Waals surface area (Å²) in [4.78, 5) is 11.1. The smallest absolute Gasteiger partial charge is 0.417 e. The normalized spacial score (nSPS) is 18.0. The molecule has 0 radical (unpaired) electrons. The van der Waals surface area contributed by atoms with Crippen molar-refractivity contribution in [3.8, 4) is 28.4 Å². The number of alkyl halides is 3. The summed E-state index contributed by atoms with van der Waals surface area (Å²) in [5, 5.41) is 9.12. The van der Waals surface area contributed by atoms with Crippen molar-refractivity contribution in [1.29, 1.82) is 0 Å². The molecule has 0 fully saturated rings. The van der Waals surface area contributed by atoms with E-state index < -0.39 is 33.7 Å². The monoisotopic (exact) mass is 590 g/mol. The lowest BCUT2D eigenvalue weighted by atomic mass is 9.91. The third-order valence-electron chi connectivity index (χ3n) is 7.29. The van der Waals surface area contributed by atoms with Crippen molar-refractivity contribution in [2.75, 3.05) is 25.2 Å². The standard InChI is InChI=1S/C30H29F3O7S/c1-41(36,37)14-2-13-38-20-5-3-18(4-6-20)29-24-10-12-26(23(24)9-11-25(29)30(31,32)33)40-21-7-8-22-19(15-28(34)35)17-39-27(22)16-21/h3-9,11,16,19,26H,2,10,12-15,17H2,1H3,(H,34,35)/t19-,26-/m1/s1. The first kappa shape index (κ1) is 28.8. The number of benzene rings is 3. The maximum Gasteiger partial charge on any atom is 0.417 e. The molecule has 0 aromatic heterocycles. The minimum Gasteiger partial charge on any atom is -0.494 e. The Labute approximate surface area is 235 Å². The van der Waals surface area contributed by atoms with Crippen molar-refractivity contribution in [1.82, 2.24) is 0 Å². The van der Waals surface area contributed by atoms with Gasteiger partial charge < -0.3 is 19.3 Å². The molecule has 1 heterocycles. The molecule has 218 valence electrons. The number of carbonyl (C=O) groups is 1. The maximum absolute atomic E-state index is 14.1. The van der Waals surface area contributed by atoms with Gasteiger partial charge in [-0.3, -0.25) is 4.79 Å². The SMILES string of the molecule is CS(=O)(=O)CCCOc1ccc(-c2c(C(F)(F)F)ccc3c2CC[C@H]3Oc2ccc3c(c2)OC[C@H]3CC(=O)O)cc1. The molecule has 1 aliphatic carbocycles. The molecule has 0 amide bonds. The van der Waals surface area contributed by atoms with E-state index in [1.54, 1.807) is 42.5 Å². The molecule has 1 aliphatic heterocycles. The fourth-order valence-electron chi connectivity index (χ4n) is 5.46. The van der Waals surface area contributed by atoms with E-state index in [0.717, 1.165) is 17.9 Å². The summed E-state index contributed by atoms with van der Waals surface area (Å²) in [5.74, 6) is 0.332. The van der Waals surface area contributed by atoms with Gasteiger partial charge in [-0.1, -0.05) is 24.3 Å². The molecular formula is C30H29F3O7S. The number of sulfone groups is 1. The van der Waals surface area contributed by atoms with E-state index in [2.05, 4.69) is 0 Å². The van der Waals surface area contributed by atoms with Crippen LogP contribution in [-0.2, 0) is 27.2 Å². The van der Waals surface area contributed by atoms with Crippen LogP contribution in [-0.4, -0.2) is 44.7 Å². The van der Waals surface area contributed by atoms with Crippen LogP contribution in [0.1, 0.15) is 53.5 Å². The van der Waals surface area contributed by atoms with Crippen molar-refractivity contribution in [2.24, 2.45) is 0 Å². The molecule has 41 heavy (non-hydrogen) atoms. The van der Waals surface area contributed by atoms with Crippen LogP contribution in [0.2, 0.25) is 0 Å². The lowest BCUT2D eigenvalue weighted by Crippen LogP contribution is -2.10. The fraction of sp³-hybridized carbons (Fsp3) is 0.367. The highest BCUT2D eigenvalue weighted by atomic mass is 32.2. The third kappa shape index (κ3) is 6.61. The van der Waals surface area contributed by atoms with Gasteiger partial charge in [-0.2, -0.15) is 13.2 Å². The van der Waals surface area contributed by atoms with Gasteiger partial charge >= 0.3 is 12.1 Å². The van der Waals surface area contributed by atoms with Crippen LogP contribution in [0, 0.1) is 0 Å². The number of rotatable bonds is 10. The van der Waals surface area contributed by atoms with Gasteiger partial charge in [0.2, 0.25) is 0 Å². The molecule has 0 saturated heterocycles. The van der Waals surface area contributed by atoms with E-state index in [4.69, 9.17) is 19.3 Å².